The maximum absolute atomic E-state index is 11.6. The van der Waals surface area contributed by atoms with Gasteiger partial charge in [0.2, 0.25) is 0 Å². The number of hydrogen-bond acceptors (Lipinski definition) is 1. The van der Waals surface area contributed by atoms with Crippen LogP contribution in [0.4, 0.5) is 0 Å². The fraction of sp³-hybridized carbons (Fsp3) is 0.824. The molecule has 0 radical (unpaired) electrons. The molecule has 1 N–H and O–H groups in total. The van der Waals surface area contributed by atoms with Gasteiger partial charge in [-0.15, -0.1) is 0 Å². The van der Waals surface area contributed by atoms with Gasteiger partial charge in [0.25, 0.3) is 0 Å². The summed E-state index contributed by atoms with van der Waals surface area (Å²) in [6.07, 6.45) is 4.50. The van der Waals surface area contributed by atoms with Gasteiger partial charge in [0, 0.05) is 0 Å². The Morgan fingerprint density at radius 2 is 1.75 bits per heavy atom. The molecule has 1 aliphatic carbocycles. The van der Waals surface area contributed by atoms with Crippen LogP contribution < -0.4 is 0 Å². The van der Waals surface area contributed by atoms with Gasteiger partial charge in [-0.05, 0) is 44.1 Å². The van der Waals surface area contributed by atoms with E-state index in [1.54, 1.807) is 0 Å². The number of aliphatic carboxylic acids is 1. The van der Waals surface area contributed by atoms with Crippen LogP contribution in [0, 0.1) is 11.3 Å². The monoisotopic (exact) mass is 296 g/mol. The van der Waals surface area contributed by atoms with Crippen molar-refractivity contribution in [1.82, 2.24) is 0 Å². The van der Waals surface area contributed by atoms with E-state index in [1.807, 2.05) is 13.8 Å². The number of allylic oxidation sites excluding steroid dienone is 1. The maximum atomic E-state index is 11.6. The molecule has 0 bridgehead atoms. The molecule has 0 heterocycles. The Labute approximate surface area is 125 Å². The lowest BCUT2D eigenvalue weighted by atomic mass is 9.69. The van der Waals surface area contributed by atoms with Gasteiger partial charge in [0.15, 0.2) is 0 Å². The molecule has 116 valence electrons. The molecule has 1 fully saturated rings. The van der Waals surface area contributed by atoms with Crippen LogP contribution in [-0.2, 0) is 4.79 Å². The van der Waals surface area contributed by atoms with E-state index in [9.17, 15) is 9.90 Å². The van der Waals surface area contributed by atoms with Gasteiger partial charge in [-0.1, -0.05) is 51.6 Å². The fourth-order valence-electron chi connectivity index (χ4n) is 2.86. The first-order chi connectivity index (χ1) is 8.89. The molecular formula is C17H32O2Si. The Balaban J connectivity index is 3.16. The Kier molecular flexibility index (Phi) is 4.95. The molecule has 0 amide bonds. The van der Waals surface area contributed by atoms with Gasteiger partial charge in [0.1, 0.15) is 0 Å². The van der Waals surface area contributed by atoms with Crippen molar-refractivity contribution in [2.75, 3.05) is 0 Å². The van der Waals surface area contributed by atoms with Gasteiger partial charge in [0.05, 0.1) is 13.5 Å². The normalized spacial score (nSPS) is 23.9. The highest BCUT2D eigenvalue weighted by molar-refractivity contribution is 6.84. The second-order valence-electron chi connectivity index (χ2n) is 8.52. The molecule has 3 heteroatoms. The zero-order chi connectivity index (χ0) is 15.8. The number of carbonyl (C=O) groups is 1. The molecule has 1 rings (SSSR count). The molecule has 1 atom stereocenters. The lowest BCUT2D eigenvalue weighted by Gasteiger charge is -2.40. The molecule has 0 saturated heterocycles. The summed E-state index contributed by atoms with van der Waals surface area (Å²) in [6.45, 7) is 15.5. The molecule has 0 aromatic rings. The van der Waals surface area contributed by atoms with Gasteiger partial charge in [-0.3, -0.25) is 4.79 Å². The van der Waals surface area contributed by atoms with Gasteiger partial charge >= 0.3 is 5.97 Å². The Morgan fingerprint density at radius 1 is 1.20 bits per heavy atom. The number of carboxylic acids is 1. The Bertz CT molecular complexity index is 400. The number of rotatable bonds is 3. The van der Waals surface area contributed by atoms with Crippen LogP contribution in [0.2, 0.25) is 18.1 Å². The van der Waals surface area contributed by atoms with E-state index >= 15 is 0 Å². The van der Waals surface area contributed by atoms with Gasteiger partial charge < -0.3 is 5.11 Å². The van der Waals surface area contributed by atoms with Crippen LogP contribution in [0.15, 0.2) is 11.3 Å². The molecule has 2 nitrogen and oxygen atoms in total. The zero-order valence-electron chi connectivity index (χ0n) is 14.3. The van der Waals surface area contributed by atoms with E-state index in [0.717, 1.165) is 19.3 Å². The predicted molar refractivity (Wildman–Crippen MR) is 88.7 cm³/mol. The van der Waals surface area contributed by atoms with Crippen molar-refractivity contribution in [1.29, 1.82) is 0 Å². The smallest absolute Gasteiger partial charge is 0.309 e. The molecular weight excluding hydrogens is 264 g/mol. The zero-order valence-corrected chi connectivity index (χ0v) is 15.3. The third-order valence-corrected chi connectivity index (χ3v) is 10.5. The largest absolute Gasteiger partial charge is 0.481 e. The average Bonchev–Trinajstić information content (AvgIpc) is 2.27. The van der Waals surface area contributed by atoms with Crippen molar-refractivity contribution in [3.63, 3.8) is 0 Å². The maximum Gasteiger partial charge on any atom is 0.309 e. The van der Waals surface area contributed by atoms with Crippen molar-refractivity contribution in [3.05, 3.63) is 11.3 Å². The quantitative estimate of drug-likeness (QED) is 0.721. The molecule has 0 spiro atoms. The van der Waals surface area contributed by atoms with Crippen LogP contribution >= 0.6 is 0 Å². The highest BCUT2D eigenvalue weighted by atomic mass is 28.3. The van der Waals surface area contributed by atoms with E-state index in [0.29, 0.717) is 5.04 Å². The van der Waals surface area contributed by atoms with Crippen molar-refractivity contribution >= 4 is 14.0 Å². The van der Waals surface area contributed by atoms with Gasteiger partial charge in [-0.25, -0.2) is 0 Å². The lowest BCUT2D eigenvalue weighted by molar-refractivity contribution is -0.149. The minimum Gasteiger partial charge on any atom is -0.481 e. The van der Waals surface area contributed by atoms with Crippen LogP contribution in [0.3, 0.4) is 0 Å². The summed E-state index contributed by atoms with van der Waals surface area (Å²) >= 11 is 0. The van der Waals surface area contributed by atoms with Crippen LogP contribution in [0.1, 0.15) is 60.3 Å². The first-order valence-electron chi connectivity index (χ1n) is 7.84. The van der Waals surface area contributed by atoms with Crippen molar-refractivity contribution in [2.45, 2.75) is 78.4 Å². The molecule has 1 aliphatic rings. The number of carboxylic acid groups (broad SMARTS) is 1. The molecule has 1 unspecified atom stereocenters. The minimum absolute atomic E-state index is 0.211. The standard InChI is InChI=1S/C17H32O2Si/c1-16(2,3)20(6,7)12-13-10-8-9-11-14(13)17(4,5)15(18)19/h12,14H,8-11H2,1-7H3,(H,18,19). The van der Waals surface area contributed by atoms with Crippen LogP contribution in [-0.4, -0.2) is 19.1 Å². The van der Waals surface area contributed by atoms with Gasteiger partial charge in [-0.2, -0.15) is 0 Å². The number of hydrogen-bond donors (Lipinski definition) is 1. The SMILES string of the molecule is CC(C)(C(=O)O)C1CCCCC1=C[Si](C)(C)C(C)(C)C. The van der Waals surface area contributed by atoms with E-state index < -0.39 is 19.5 Å². The average molecular weight is 297 g/mol. The van der Waals surface area contributed by atoms with Crippen molar-refractivity contribution in [3.8, 4) is 0 Å². The third-order valence-electron chi connectivity index (χ3n) is 5.56. The van der Waals surface area contributed by atoms with Crippen LogP contribution in [0.5, 0.6) is 0 Å². The summed E-state index contributed by atoms with van der Waals surface area (Å²) in [5.41, 5.74) is 3.30. The molecule has 0 aliphatic heterocycles. The summed E-state index contributed by atoms with van der Waals surface area (Å²) in [4.78, 5) is 11.6. The first kappa shape index (κ1) is 17.5. The predicted octanol–water partition coefficient (Wildman–Crippen LogP) is 5.26. The highest BCUT2D eigenvalue weighted by Crippen LogP contribution is 2.45. The van der Waals surface area contributed by atoms with E-state index in [4.69, 9.17) is 0 Å². The fourth-order valence-corrected chi connectivity index (χ4v) is 4.57. The van der Waals surface area contributed by atoms with E-state index in [1.165, 1.54) is 12.0 Å². The topological polar surface area (TPSA) is 37.3 Å². The minimum atomic E-state index is -1.50. The Hall–Kier alpha value is -0.573. The lowest BCUT2D eigenvalue weighted by Crippen LogP contribution is -2.39. The molecule has 0 aromatic carbocycles. The Morgan fingerprint density at radius 3 is 2.20 bits per heavy atom. The van der Waals surface area contributed by atoms with Crippen molar-refractivity contribution in [2.24, 2.45) is 11.3 Å². The second-order valence-corrected chi connectivity index (χ2v) is 13.7. The summed E-state index contributed by atoms with van der Waals surface area (Å²) < 4.78 is 0. The molecule has 20 heavy (non-hydrogen) atoms. The van der Waals surface area contributed by atoms with Crippen LogP contribution in [0.25, 0.3) is 0 Å². The first-order valence-corrected chi connectivity index (χ1v) is 10.9. The molecule has 0 aromatic heterocycles. The summed E-state index contributed by atoms with van der Waals surface area (Å²) in [5.74, 6) is -0.451. The van der Waals surface area contributed by atoms with Crippen molar-refractivity contribution < 1.29 is 9.90 Å². The van der Waals surface area contributed by atoms with E-state index in [-0.39, 0.29) is 5.92 Å². The summed E-state index contributed by atoms with van der Waals surface area (Å²) in [7, 11) is -1.50. The summed E-state index contributed by atoms with van der Waals surface area (Å²) in [6, 6.07) is 0. The molecule has 1 saturated carbocycles. The highest BCUT2D eigenvalue weighted by Gasteiger charge is 2.41. The third kappa shape index (κ3) is 3.54. The van der Waals surface area contributed by atoms with E-state index in [2.05, 4.69) is 39.6 Å². The second kappa shape index (κ2) is 5.67. The summed E-state index contributed by atoms with van der Waals surface area (Å²) in [5, 5.41) is 9.87.